The van der Waals surface area contributed by atoms with Gasteiger partial charge >= 0.3 is 0 Å². The van der Waals surface area contributed by atoms with Crippen molar-refractivity contribution in [2.45, 2.75) is 6.92 Å². The summed E-state index contributed by atoms with van der Waals surface area (Å²) in [7, 11) is 1.76. The highest BCUT2D eigenvalue weighted by Gasteiger charge is 2.15. The Balaban J connectivity index is 1.97. The van der Waals surface area contributed by atoms with Gasteiger partial charge in [-0.15, -0.1) is 0 Å². The summed E-state index contributed by atoms with van der Waals surface area (Å²) < 4.78 is 27.9. The second-order valence-corrected chi connectivity index (χ2v) is 6.18. The Morgan fingerprint density at radius 2 is 1.81 bits per heavy atom. The van der Waals surface area contributed by atoms with E-state index in [1.807, 2.05) is 19.1 Å². The molecule has 2 heterocycles. The number of aromatic nitrogens is 3. The van der Waals surface area contributed by atoms with Crippen LogP contribution in [0.25, 0.3) is 33.4 Å². The zero-order valence-corrected chi connectivity index (χ0v) is 14.8. The summed E-state index contributed by atoms with van der Waals surface area (Å²) in [6.07, 6.45) is 3.39. The van der Waals surface area contributed by atoms with E-state index < -0.39 is 11.6 Å². The zero-order chi connectivity index (χ0) is 19.0. The molecule has 0 saturated heterocycles. The second-order valence-electron chi connectivity index (χ2n) is 6.18. The van der Waals surface area contributed by atoms with Gasteiger partial charge in [-0.3, -0.25) is 4.98 Å². The SMILES string of the molecule is CNc1nc(-c2cccnc2)nc2c(C)cc(-c3cccc(F)c3F)cc12. The first-order valence-corrected chi connectivity index (χ1v) is 8.43. The fourth-order valence-electron chi connectivity index (χ4n) is 3.10. The smallest absolute Gasteiger partial charge is 0.166 e. The molecule has 4 aromatic rings. The van der Waals surface area contributed by atoms with E-state index in [0.29, 0.717) is 17.2 Å². The van der Waals surface area contributed by atoms with E-state index in [1.54, 1.807) is 37.6 Å². The van der Waals surface area contributed by atoms with Crippen LogP contribution < -0.4 is 5.32 Å². The summed E-state index contributed by atoms with van der Waals surface area (Å²) in [4.78, 5) is 13.4. The molecule has 27 heavy (non-hydrogen) atoms. The molecule has 2 aromatic heterocycles. The Morgan fingerprint density at radius 1 is 0.963 bits per heavy atom. The fourth-order valence-corrected chi connectivity index (χ4v) is 3.10. The van der Waals surface area contributed by atoms with Gasteiger partial charge in [0, 0.05) is 36.0 Å². The molecule has 0 saturated carbocycles. The number of nitrogens with one attached hydrogen (secondary N) is 1. The molecule has 134 valence electrons. The van der Waals surface area contributed by atoms with Crippen molar-refractivity contribution in [3.63, 3.8) is 0 Å². The number of fused-ring (bicyclic) bond motifs is 1. The van der Waals surface area contributed by atoms with E-state index in [-0.39, 0.29) is 5.56 Å². The van der Waals surface area contributed by atoms with Gasteiger partial charge in [0.25, 0.3) is 0 Å². The van der Waals surface area contributed by atoms with Gasteiger partial charge in [-0.2, -0.15) is 0 Å². The number of pyridine rings is 1. The maximum Gasteiger partial charge on any atom is 0.166 e. The highest BCUT2D eigenvalue weighted by Crippen LogP contribution is 2.33. The summed E-state index contributed by atoms with van der Waals surface area (Å²) in [6.45, 7) is 1.89. The molecule has 0 fully saturated rings. The molecule has 4 nitrogen and oxygen atoms in total. The molecule has 6 heteroatoms. The third-order valence-electron chi connectivity index (χ3n) is 4.41. The molecule has 0 aliphatic heterocycles. The van der Waals surface area contributed by atoms with Crippen LogP contribution in [0.15, 0.2) is 54.9 Å². The molecule has 0 amide bonds. The first-order chi connectivity index (χ1) is 13.1. The Bertz CT molecular complexity index is 1140. The van der Waals surface area contributed by atoms with Gasteiger partial charge in [0.05, 0.1) is 5.52 Å². The van der Waals surface area contributed by atoms with Crippen molar-refractivity contribution >= 4 is 16.7 Å². The minimum Gasteiger partial charge on any atom is -0.373 e. The maximum absolute atomic E-state index is 14.3. The monoisotopic (exact) mass is 362 g/mol. The standard InChI is InChI=1S/C21H16F2N4/c1-12-9-14(15-6-3-7-17(22)18(15)23)10-16-19(12)26-20(27-21(16)24-2)13-5-4-8-25-11-13/h3-11H,1-2H3,(H,24,26,27). The summed E-state index contributed by atoms with van der Waals surface area (Å²) in [5.74, 6) is -0.578. The van der Waals surface area contributed by atoms with E-state index in [9.17, 15) is 8.78 Å². The van der Waals surface area contributed by atoms with Gasteiger partial charge in [0.1, 0.15) is 5.82 Å². The number of rotatable bonds is 3. The fraction of sp³-hybridized carbons (Fsp3) is 0.0952. The predicted octanol–water partition coefficient (Wildman–Crippen LogP) is 4.99. The van der Waals surface area contributed by atoms with E-state index in [4.69, 9.17) is 0 Å². The maximum atomic E-state index is 14.3. The van der Waals surface area contributed by atoms with Crippen molar-refractivity contribution in [1.29, 1.82) is 0 Å². The molecule has 4 rings (SSSR count). The number of aryl methyl sites for hydroxylation is 1. The van der Waals surface area contributed by atoms with Crippen LogP contribution in [-0.4, -0.2) is 22.0 Å². The number of hydrogen-bond donors (Lipinski definition) is 1. The summed E-state index contributed by atoms with van der Waals surface area (Å²) in [5, 5.41) is 3.81. The lowest BCUT2D eigenvalue weighted by atomic mass is 9.99. The van der Waals surface area contributed by atoms with Crippen LogP contribution >= 0.6 is 0 Å². The molecular weight excluding hydrogens is 346 g/mol. The van der Waals surface area contributed by atoms with E-state index in [0.717, 1.165) is 28.1 Å². The molecule has 0 spiro atoms. The third-order valence-corrected chi connectivity index (χ3v) is 4.41. The molecule has 2 aromatic carbocycles. The highest BCUT2D eigenvalue weighted by molar-refractivity contribution is 5.96. The van der Waals surface area contributed by atoms with Crippen molar-refractivity contribution in [2.24, 2.45) is 0 Å². The zero-order valence-electron chi connectivity index (χ0n) is 14.8. The average molecular weight is 362 g/mol. The van der Waals surface area contributed by atoms with Crippen LogP contribution in [0.1, 0.15) is 5.56 Å². The van der Waals surface area contributed by atoms with E-state index in [2.05, 4.69) is 20.3 Å². The van der Waals surface area contributed by atoms with Gasteiger partial charge in [0.2, 0.25) is 0 Å². The molecule has 0 bridgehead atoms. The van der Waals surface area contributed by atoms with Crippen LogP contribution in [0.4, 0.5) is 14.6 Å². The molecular formula is C21H16F2N4. The first kappa shape index (κ1) is 17.0. The normalized spacial score (nSPS) is 11.0. The summed E-state index contributed by atoms with van der Waals surface area (Å²) in [5.41, 5.74) is 3.17. The van der Waals surface area contributed by atoms with Gasteiger partial charge in [-0.25, -0.2) is 18.7 Å². The topological polar surface area (TPSA) is 50.7 Å². The lowest BCUT2D eigenvalue weighted by Crippen LogP contribution is -2.01. The lowest BCUT2D eigenvalue weighted by Gasteiger charge is -2.13. The second kappa shape index (κ2) is 6.72. The number of nitrogens with zero attached hydrogens (tertiary/aromatic N) is 3. The summed E-state index contributed by atoms with van der Waals surface area (Å²) in [6, 6.07) is 11.5. The molecule has 0 radical (unpaired) electrons. The van der Waals surface area contributed by atoms with Crippen molar-refractivity contribution in [1.82, 2.24) is 15.0 Å². The lowest BCUT2D eigenvalue weighted by molar-refractivity contribution is 0.511. The number of benzene rings is 2. The number of anilines is 1. The van der Waals surface area contributed by atoms with E-state index >= 15 is 0 Å². The largest absolute Gasteiger partial charge is 0.373 e. The number of halogens is 2. The van der Waals surface area contributed by atoms with Crippen molar-refractivity contribution in [3.05, 3.63) is 72.1 Å². The summed E-state index contributed by atoms with van der Waals surface area (Å²) >= 11 is 0. The van der Waals surface area contributed by atoms with Crippen LogP contribution in [-0.2, 0) is 0 Å². The van der Waals surface area contributed by atoms with Crippen LogP contribution in [0.3, 0.4) is 0 Å². The predicted molar refractivity (Wildman–Crippen MR) is 102 cm³/mol. The van der Waals surface area contributed by atoms with Crippen LogP contribution in [0, 0.1) is 18.6 Å². The Morgan fingerprint density at radius 3 is 2.56 bits per heavy atom. The van der Waals surface area contributed by atoms with Crippen molar-refractivity contribution < 1.29 is 8.78 Å². The molecule has 1 N–H and O–H groups in total. The van der Waals surface area contributed by atoms with Crippen LogP contribution in [0.2, 0.25) is 0 Å². The Labute approximate surface area is 154 Å². The van der Waals surface area contributed by atoms with Gasteiger partial charge in [-0.05, 0) is 48.4 Å². The van der Waals surface area contributed by atoms with Crippen LogP contribution in [0.5, 0.6) is 0 Å². The van der Waals surface area contributed by atoms with Crippen molar-refractivity contribution in [2.75, 3.05) is 12.4 Å². The minimum atomic E-state index is -0.873. The molecule has 0 atom stereocenters. The first-order valence-electron chi connectivity index (χ1n) is 8.43. The minimum absolute atomic E-state index is 0.207. The quantitative estimate of drug-likeness (QED) is 0.558. The molecule has 0 aliphatic carbocycles. The average Bonchev–Trinajstić information content (AvgIpc) is 2.70. The third kappa shape index (κ3) is 2.99. The Hall–Kier alpha value is -3.41. The molecule has 0 aliphatic rings. The van der Waals surface area contributed by atoms with Gasteiger partial charge in [0.15, 0.2) is 17.5 Å². The van der Waals surface area contributed by atoms with Gasteiger partial charge < -0.3 is 5.32 Å². The number of hydrogen-bond acceptors (Lipinski definition) is 4. The van der Waals surface area contributed by atoms with Gasteiger partial charge in [-0.1, -0.05) is 12.1 Å². The molecule has 0 unspecified atom stereocenters. The Kier molecular flexibility index (Phi) is 4.24. The van der Waals surface area contributed by atoms with E-state index in [1.165, 1.54) is 6.07 Å². The highest BCUT2D eigenvalue weighted by atomic mass is 19.2. The van der Waals surface area contributed by atoms with Crippen molar-refractivity contribution in [3.8, 4) is 22.5 Å².